The molecule has 25 heavy (non-hydrogen) atoms. The molecule has 1 heterocycles. The number of hydrogen-bond acceptors (Lipinski definition) is 4. The molecule has 0 bridgehead atoms. The molecule has 0 spiro atoms. The summed E-state index contributed by atoms with van der Waals surface area (Å²) in [6, 6.07) is 18.0. The minimum atomic E-state index is 0.165. The molecule has 1 aliphatic heterocycles. The molecule has 132 valence electrons. The van der Waals surface area contributed by atoms with Crippen molar-refractivity contribution in [3.8, 4) is 11.5 Å². The van der Waals surface area contributed by atoms with Gasteiger partial charge in [0.1, 0.15) is 18.1 Å². The summed E-state index contributed by atoms with van der Waals surface area (Å²) in [6.45, 7) is 3.60. The Labute approximate surface area is 149 Å². The first-order chi connectivity index (χ1) is 12.2. The summed E-state index contributed by atoms with van der Waals surface area (Å²) < 4.78 is 12.1. The van der Waals surface area contributed by atoms with Crippen LogP contribution in [-0.2, 0) is 6.61 Å². The van der Waals surface area contributed by atoms with Crippen molar-refractivity contribution in [3.05, 3.63) is 72.1 Å². The van der Waals surface area contributed by atoms with E-state index in [2.05, 4.69) is 30.4 Å². The predicted octanol–water partition coefficient (Wildman–Crippen LogP) is 3.83. The van der Waals surface area contributed by atoms with Crippen molar-refractivity contribution in [3.63, 3.8) is 0 Å². The summed E-state index contributed by atoms with van der Waals surface area (Å²) in [4.78, 5) is 0. The van der Waals surface area contributed by atoms with Gasteiger partial charge in [0.15, 0.2) is 0 Å². The van der Waals surface area contributed by atoms with Crippen LogP contribution in [0, 0.1) is 5.92 Å². The largest absolute Gasteiger partial charge is 0.490 e. The highest BCUT2D eigenvalue weighted by Gasteiger charge is 2.19. The summed E-state index contributed by atoms with van der Waals surface area (Å²) >= 11 is 0. The standard InChI is InChI=1S/C21H26N2O2/c1-2-18(11-17-12-21(22)23-14-17)25-20-10-6-9-19(13-20)24-15-16-7-4-3-5-8-16/h3-10,12-13,17-18,23H,2,11,14-15,22H2,1H3/t17-,18+/m0/s1. The summed E-state index contributed by atoms with van der Waals surface area (Å²) in [5, 5.41) is 3.17. The molecule has 0 unspecified atom stereocenters. The van der Waals surface area contributed by atoms with Gasteiger partial charge in [-0.3, -0.25) is 0 Å². The lowest BCUT2D eigenvalue weighted by atomic mass is 10.0. The summed E-state index contributed by atoms with van der Waals surface area (Å²) in [6.07, 6.45) is 4.17. The van der Waals surface area contributed by atoms with E-state index in [1.165, 1.54) is 0 Å². The van der Waals surface area contributed by atoms with Crippen LogP contribution in [0.3, 0.4) is 0 Å². The number of rotatable bonds is 8. The Morgan fingerprint density at radius 2 is 1.92 bits per heavy atom. The third kappa shape index (κ3) is 5.18. The summed E-state index contributed by atoms with van der Waals surface area (Å²) in [5.74, 6) is 2.88. The zero-order chi connectivity index (χ0) is 17.5. The zero-order valence-corrected chi connectivity index (χ0v) is 14.7. The van der Waals surface area contributed by atoms with Crippen molar-refractivity contribution >= 4 is 0 Å². The van der Waals surface area contributed by atoms with Gasteiger partial charge in [-0.15, -0.1) is 0 Å². The van der Waals surface area contributed by atoms with E-state index in [1.54, 1.807) is 0 Å². The van der Waals surface area contributed by atoms with E-state index >= 15 is 0 Å². The van der Waals surface area contributed by atoms with Crippen molar-refractivity contribution in [2.24, 2.45) is 11.7 Å². The normalized spacial score (nSPS) is 17.5. The highest BCUT2D eigenvalue weighted by Crippen LogP contribution is 2.24. The lowest BCUT2D eigenvalue weighted by Gasteiger charge is -2.20. The molecule has 0 fully saturated rings. The minimum Gasteiger partial charge on any atom is -0.490 e. The van der Waals surface area contributed by atoms with Gasteiger partial charge in [0.25, 0.3) is 0 Å². The zero-order valence-electron chi connectivity index (χ0n) is 14.7. The van der Waals surface area contributed by atoms with Crippen molar-refractivity contribution in [1.29, 1.82) is 0 Å². The third-order valence-electron chi connectivity index (χ3n) is 4.36. The van der Waals surface area contributed by atoms with Crippen LogP contribution >= 0.6 is 0 Å². The summed E-state index contributed by atoms with van der Waals surface area (Å²) in [5.41, 5.74) is 6.94. The van der Waals surface area contributed by atoms with Gasteiger partial charge in [0, 0.05) is 18.5 Å². The van der Waals surface area contributed by atoms with Crippen LogP contribution in [0.25, 0.3) is 0 Å². The van der Waals surface area contributed by atoms with Crippen LogP contribution in [0.15, 0.2) is 66.5 Å². The van der Waals surface area contributed by atoms with E-state index in [9.17, 15) is 0 Å². The van der Waals surface area contributed by atoms with Gasteiger partial charge < -0.3 is 20.5 Å². The van der Waals surface area contributed by atoms with Gasteiger partial charge in [-0.2, -0.15) is 0 Å². The van der Waals surface area contributed by atoms with Gasteiger partial charge >= 0.3 is 0 Å². The second-order valence-corrected chi connectivity index (χ2v) is 6.40. The van der Waals surface area contributed by atoms with Crippen LogP contribution < -0.4 is 20.5 Å². The van der Waals surface area contributed by atoms with Gasteiger partial charge in [-0.1, -0.05) is 43.3 Å². The molecule has 3 rings (SSSR count). The molecule has 2 atom stereocenters. The number of ether oxygens (including phenoxy) is 2. The smallest absolute Gasteiger partial charge is 0.123 e. The average molecular weight is 338 g/mol. The third-order valence-corrected chi connectivity index (χ3v) is 4.36. The van der Waals surface area contributed by atoms with Crippen LogP contribution in [-0.4, -0.2) is 12.6 Å². The first-order valence-electron chi connectivity index (χ1n) is 8.87. The molecule has 1 aliphatic rings. The van der Waals surface area contributed by atoms with Gasteiger partial charge in [0.2, 0.25) is 0 Å². The maximum Gasteiger partial charge on any atom is 0.123 e. The van der Waals surface area contributed by atoms with E-state index in [0.717, 1.165) is 42.3 Å². The predicted molar refractivity (Wildman–Crippen MR) is 100 cm³/mol. The number of nitrogens with two attached hydrogens (primary N) is 1. The van der Waals surface area contributed by atoms with Crippen molar-refractivity contribution in [1.82, 2.24) is 5.32 Å². The first kappa shape index (κ1) is 17.2. The van der Waals surface area contributed by atoms with Gasteiger partial charge in [-0.25, -0.2) is 0 Å². The molecule has 2 aromatic carbocycles. The lowest BCUT2D eigenvalue weighted by molar-refractivity contribution is 0.172. The molecule has 0 aromatic heterocycles. The fourth-order valence-corrected chi connectivity index (χ4v) is 2.98. The van der Waals surface area contributed by atoms with Crippen molar-refractivity contribution in [2.45, 2.75) is 32.5 Å². The fourth-order valence-electron chi connectivity index (χ4n) is 2.98. The highest BCUT2D eigenvalue weighted by molar-refractivity contribution is 5.33. The highest BCUT2D eigenvalue weighted by atomic mass is 16.5. The number of hydrogen-bond donors (Lipinski definition) is 2. The Morgan fingerprint density at radius 1 is 1.12 bits per heavy atom. The van der Waals surface area contributed by atoms with E-state index in [-0.39, 0.29) is 6.10 Å². The van der Waals surface area contributed by atoms with Crippen LogP contribution in [0.4, 0.5) is 0 Å². The Morgan fingerprint density at radius 3 is 2.64 bits per heavy atom. The molecule has 0 saturated heterocycles. The second-order valence-electron chi connectivity index (χ2n) is 6.40. The van der Waals surface area contributed by atoms with Gasteiger partial charge in [0.05, 0.1) is 11.9 Å². The van der Waals surface area contributed by atoms with Crippen molar-refractivity contribution < 1.29 is 9.47 Å². The van der Waals surface area contributed by atoms with Crippen molar-refractivity contribution in [2.75, 3.05) is 6.54 Å². The van der Waals surface area contributed by atoms with E-state index in [1.807, 2.05) is 42.5 Å². The number of nitrogens with one attached hydrogen (secondary N) is 1. The SMILES string of the molecule is CC[C@H](C[C@H]1C=C(N)NC1)Oc1cccc(OCc2ccccc2)c1. The first-order valence-corrected chi connectivity index (χ1v) is 8.87. The Kier molecular flexibility index (Phi) is 5.83. The quantitative estimate of drug-likeness (QED) is 0.768. The molecule has 3 N–H and O–H groups in total. The van der Waals surface area contributed by atoms with Crippen LogP contribution in [0.1, 0.15) is 25.3 Å². The number of benzene rings is 2. The lowest BCUT2D eigenvalue weighted by Crippen LogP contribution is -2.22. The molecule has 2 aromatic rings. The molecule has 4 nitrogen and oxygen atoms in total. The maximum absolute atomic E-state index is 6.18. The second kappa shape index (κ2) is 8.47. The Hall–Kier alpha value is -2.62. The summed E-state index contributed by atoms with van der Waals surface area (Å²) in [7, 11) is 0. The molecule has 0 radical (unpaired) electrons. The van der Waals surface area contributed by atoms with E-state index in [4.69, 9.17) is 15.2 Å². The Balaban J connectivity index is 1.56. The monoisotopic (exact) mass is 338 g/mol. The molecule has 4 heteroatoms. The average Bonchev–Trinajstić information content (AvgIpc) is 3.05. The van der Waals surface area contributed by atoms with E-state index in [0.29, 0.717) is 12.5 Å². The molecule has 0 amide bonds. The maximum atomic E-state index is 6.18. The molecule has 0 aliphatic carbocycles. The fraction of sp³-hybridized carbons (Fsp3) is 0.333. The van der Waals surface area contributed by atoms with E-state index < -0.39 is 0 Å². The van der Waals surface area contributed by atoms with Crippen LogP contribution in [0.5, 0.6) is 11.5 Å². The van der Waals surface area contributed by atoms with Crippen LogP contribution in [0.2, 0.25) is 0 Å². The molecule has 0 saturated carbocycles. The molecular formula is C21H26N2O2. The van der Waals surface area contributed by atoms with Gasteiger partial charge in [-0.05, 0) is 36.6 Å². The molecular weight excluding hydrogens is 312 g/mol. The minimum absolute atomic E-state index is 0.165. The topological polar surface area (TPSA) is 56.5 Å². The Bertz CT molecular complexity index is 700.